The molecular weight excluding hydrogens is 356 g/mol. The minimum Gasteiger partial charge on any atom is -0.480 e. The fourth-order valence-electron chi connectivity index (χ4n) is 3.11. The summed E-state index contributed by atoms with van der Waals surface area (Å²) >= 11 is 0. The third-order valence-electron chi connectivity index (χ3n) is 4.63. The van der Waals surface area contributed by atoms with Crippen LogP contribution in [0.1, 0.15) is 42.7 Å². The lowest BCUT2D eigenvalue weighted by Gasteiger charge is -2.19. The van der Waals surface area contributed by atoms with Gasteiger partial charge in [-0.2, -0.15) is 5.10 Å². The number of likely N-dealkylation sites (N-methyl/N-ethyl adjacent to an activating group) is 1. The number of hydrogen-bond donors (Lipinski definition) is 1. The molecule has 28 heavy (non-hydrogen) atoms. The van der Waals surface area contributed by atoms with Gasteiger partial charge in [0, 0.05) is 18.2 Å². The Bertz CT molecular complexity index is 1020. The van der Waals surface area contributed by atoms with Gasteiger partial charge in [-0.1, -0.05) is 29.8 Å². The highest BCUT2D eigenvalue weighted by Crippen LogP contribution is 2.27. The Morgan fingerprint density at radius 1 is 1.21 bits per heavy atom. The number of aryl methyl sites for hydroxylation is 1. The number of carbonyl (C=O) groups is 2. The van der Waals surface area contributed by atoms with E-state index in [1.807, 2.05) is 45.0 Å². The Balaban J connectivity index is 2.21. The van der Waals surface area contributed by atoms with Gasteiger partial charge in [0.25, 0.3) is 5.91 Å². The minimum atomic E-state index is -1.04. The van der Waals surface area contributed by atoms with Crippen molar-refractivity contribution in [1.29, 1.82) is 0 Å². The van der Waals surface area contributed by atoms with Gasteiger partial charge in [-0.25, -0.2) is 9.67 Å². The van der Waals surface area contributed by atoms with Crippen LogP contribution in [-0.4, -0.2) is 49.7 Å². The minimum absolute atomic E-state index is 0.0718. The summed E-state index contributed by atoms with van der Waals surface area (Å²) in [7, 11) is 0. The molecular formula is C21H24N4O3. The van der Waals surface area contributed by atoms with Crippen molar-refractivity contribution in [2.75, 3.05) is 13.1 Å². The molecule has 0 saturated carbocycles. The van der Waals surface area contributed by atoms with Crippen molar-refractivity contribution in [1.82, 2.24) is 19.7 Å². The highest BCUT2D eigenvalue weighted by atomic mass is 16.4. The number of carbonyl (C=O) groups excluding carboxylic acids is 1. The topological polar surface area (TPSA) is 88.3 Å². The number of nitrogens with zero attached hydrogens (tertiary/aromatic N) is 4. The van der Waals surface area contributed by atoms with Gasteiger partial charge >= 0.3 is 5.97 Å². The van der Waals surface area contributed by atoms with E-state index in [-0.39, 0.29) is 18.5 Å². The Morgan fingerprint density at radius 3 is 2.46 bits per heavy atom. The Kier molecular flexibility index (Phi) is 5.44. The predicted octanol–water partition coefficient (Wildman–Crippen LogP) is 3.53. The number of hydrogen-bond acceptors (Lipinski definition) is 4. The van der Waals surface area contributed by atoms with Crippen LogP contribution < -0.4 is 0 Å². The van der Waals surface area contributed by atoms with E-state index in [2.05, 4.69) is 5.10 Å². The van der Waals surface area contributed by atoms with E-state index in [0.29, 0.717) is 28.8 Å². The molecule has 0 spiro atoms. The zero-order chi connectivity index (χ0) is 20.4. The number of aliphatic carboxylic acids is 1. The lowest BCUT2D eigenvalue weighted by atomic mass is 10.0. The molecule has 7 heteroatoms. The summed E-state index contributed by atoms with van der Waals surface area (Å²) in [5.74, 6) is -1.38. The number of pyridine rings is 1. The maximum Gasteiger partial charge on any atom is 0.323 e. The lowest BCUT2D eigenvalue weighted by molar-refractivity contribution is -0.137. The molecule has 0 aliphatic rings. The van der Waals surface area contributed by atoms with Crippen molar-refractivity contribution in [3.63, 3.8) is 0 Å². The summed E-state index contributed by atoms with van der Waals surface area (Å²) in [6, 6.07) is 9.70. The average molecular weight is 380 g/mol. The first kappa shape index (κ1) is 19.5. The van der Waals surface area contributed by atoms with Crippen LogP contribution in [0.2, 0.25) is 0 Å². The molecule has 0 saturated heterocycles. The fourth-order valence-corrected chi connectivity index (χ4v) is 3.11. The molecule has 3 aromatic rings. The van der Waals surface area contributed by atoms with Gasteiger partial charge in [0.2, 0.25) is 0 Å². The fraction of sp³-hybridized carbons (Fsp3) is 0.333. The molecule has 3 rings (SSSR count). The van der Waals surface area contributed by atoms with E-state index in [4.69, 9.17) is 10.1 Å². The molecule has 2 heterocycles. The SMILES string of the molecule is CCN(CC(=O)O)C(=O)c1cc(-c2ccc(C)cc2)nc2c1cnn2C(C)C. The van der Waals surface area contributed by atoms with Gasteiger partial charge in [-0.05, 0) is 33.8 Å². The van der Waals surface area contributed by atoms with Crippen LogP contribution in [0.5, 0.6) is 0 Å². The molecule has 0 unspecified atom stereocenters. The Labute approximate surface area is 163 Å². The van der Waals surface area contributed by atoms with Gasteiger partial charge < -0.3 is 10.0 Å². The highest BCUT2D eigenvalue weighted by Gasteiger charge is 2.23. The number of carboxylic acids is 1. The van der Waals surface area contributed by atoms with Crippen LogP contribution in [0.3, 0.4) is 0 Å². The summed E-state index contributed by atoms with van der Waals surface area (Å²) < 4.78 is 1.78. The van der Waals surface area contributed by atoms with Gasteiger partial charge in [0.15, 0.2) is 5.65 Å². The molecule has 1 N–H and O–H groups in total. The van der Waals surface area contributed by atoms with Crippen LogP contribution in [-0.2, 0) is 4.79 Å². The molecule has 0 aliphatic heterocycles. The highest BCUT2D eigenvalue weighted by molar-refractivity contribution is 6.07. The van der Waals surface area contributed by atoms with Crippen molar-refractivity contribution in [2.24, 2.45) is 0 Å². The molecule has 0 bridgehead atoms. The van der Waals surface area contributed by atoms with E-state index < -0.39 is 5.97 Å². The first-order valence-corrected chi connectivity index (χ1v) is 9.28. The van der Waals surface area contributed by atoms with Gasteiger partial charge in [-0.15, -0.1) is 0 Å². The largest absolute Gasteiger partial charge is 0.480 e. The third-order valence-corrected chi connectivity index (χ3v) is 4.63. The quantitative estimate of drug-likeness (QED) is 0.707. The second kappa shape index (κ2) is 7.80. The van der Waals surface area contributed by atoms with Crippen LogP contribution in [0.4, 0.5) is 0 Å². The molecule has 2 aromatic heterocycles. The van der Waals surface area contributed by atoms with Gasteiger partial charge in [-0.3, -0.25) is 9.59 Å². The molecule has 1 amide bonds. The summed E-state index contributed by atoms with van der Waals surface area (Å²) in [6.07, 6.45) is 1.63. The molecule has 0 aliphatic carbocycles. The van der Waals surface area contributed by atoms with Crippen molar-refractivity contribution in [3.05, 3.63) is 47.7 Å². The Hall–Kier alpha value is -3.22. The van der Waals surface area contributed by atoms with E-state index in [9.17, 15) is 9.59 Å². The molecule has 7 nitrogen and oxygen atoms in total. The van der Waals surface area contributed by atoms with Crippen LogP contribution in [0.15, 0.2) is 36.5 Å². The predicted molar refractivity (Wildman–Crippen MR) is 107 cm³/mol. The lowest BCUT2D eigenvalue weighted by Crippen LogP contribution is -2.35. The number of fused-ring (bicyclic) bond motifs is 1. The van der Waals surface area contributed by atoms with E-state index in [1.165, 1.54) is 4.90 Å². The maximum absolute atomic E-state index is 13.1. The third kappa shape index (κ3) is 3.74. The van der Waals surface area contributed by atoms with Crippen LogP contribution >= 0.6 is 0 Å². The summed E-state index contributed by atoms with van der Waals surface area (Å²) in [4.78, 5) is 30.4. The zero-order valence-electron chi connectivity index (χ0n) is 16.5. The normalized spacial score (nSPS) is 11.2. The number of aromatic nitrogens is 3. The number of carboxylic acid groups (broad SMARTS) is 1. The average Bonchev–Trinajstić information content (AvgIpc) is 3.09. The van der Waals surface area contributed by atoms with E-state index >= 15 is 0 Å². The molecule has 0 atom stereocenters. The maximum atomic E-state index is 13.1. The molecule has 0 radical (unpaired) electrons. The zero-order valence-corrected chi connectivity index (χ0v) is 16.5. The molecule has 0 fully saturated rings. The van der Waals surface area contributed by atoms with Crippen molar-refractivity contribution in [2.45, 2.75) is 33.7 Å². The second-order valence-corrected chi connectivity index (χ2v) is 7.05. The Morgan fingerprint density at radius 2 is 1.89 bits per heavy atom. The van der Waals surface area contributed by atoms with Crippen molar-refractivity contribution >= 4 is 22.9 Å². The number of rotatable bonds is 6. The van der Waals surface area contributed by atoms with Crippen molar-refractivity contribution < 1.29 is 14.7 Å². The smallest absolute Gasteiger partial charge is 0.323 e. The summed E-state index contributed by atoms with van der Waals surface area (Å²) in [5.41, 5.74) is 3.70. The number of amides is 1. The monoisotopic (exact) mass is 380 g/mol. The molecule has 146 valence electrons. The van der Waals surface area contributed by atoms with E-state index in [0.717, 1.165) is 11.1 Å². The first-order chi connectivity index (χ1) is 13.3. The van der Waals surface area contributed by atoms with Crippen LogP contribution in [0, 0.1) is 6.92 Å². The van der Waals surface area contributed by atoms with E-state index in [1.54, 1.807) is 23.9 Å². The number of benzene rings is 1. The second-order valence-electron chi connectivity index (χ2n) is 7.05. The summed E-state index contributed by atoms with van der Waals surface area (Å²) in [5, 5.41) is 14.2. The summed E-state index contributed by atoms with van der Waals surface area (Å²) in [6.45, 7) is 7.71. The first-order valence-electron chi connectivity index (χ1n) is 9.28. The standard InChI is InChI=1S/C21H24N4O3/c1-5-24(12-19(26)27)21(28)16-10-18(15-8-6-14(4)7-9-15)23-20-17(16)11-22-25(20)13(2)3/h6-11,13H,5,12H2,1-4H3,(H,26,27). The van der Waals surface area contributed by atoms with Gasteiger partial charge in [0.05, 0.1) is 22.8 Å². The van der Waals surface area contributed by atoms with Crippen molar-refractivity contribution in [3.8, 4) is 11.3 Å². The molecule has 1 aromatic carbocycles. The van der Waals surface area contributed by atoms with Gasteiger partial charge in [0.1, 0.15) is 6.54 Å². The van der Waals surface area contributed by atoms with Crippen LogP contribution in [0.25, 0.3) is 22.3 Å².